The Kier molecular flexibility index (Phi) is 5.50. The summed E-state index contributed by atoms with van der Waals surface area (Å²) < 4.78 is 55.1. The highest BCUT2D eigenvalue weighted by molar-refractivity contribution is 7.92. The minimum absolute atomic E-state index is 0.106. The molecule has 0 radical (unpaired) electrons. The molecular formula is C18H20F2N4O3S. The first-order chi connectivity index (χ1) is 13.3. The normalized spacial score (nSPS) is 15.2. The maximum absolute atomic E-state index is 14.9. The van der Waals surface area contributed by atoms with Crippen molar-refractivity contribution in [2.45, 2.75) is 19.8 Å². The first-order valence-corrected chi connectivity index (χ1v) is 10.3. The predicted octanol–water partition coefficient (Wildman–Crippen LogP) is 2.71. The third-order valence-corrected chi connectivity index (χ3v) is 5.93. The van der Waals surface area contributed by atoms with Gasteiger partial charge in [-0.15, -0.1) is 0 Å². The zero-order valence-corrected chi connectivity index (χ0v) is 16.2. The van der Waals surface area contributed by atoms with Crippen LogP contribution in [0.25, 0.3) is 0 Å². The van der Waals surface area contributed by atoms with E-state index < -0.39 is 38.7 Å². The molecule has 0 unspecified atom stereocenters. The number of aromatic amines is 1. The van der Waals surface area contributed by atoms with Crippen molar-refractivity contribution >= 4 is 33.0 Å². The molecule has 3 N–H and O–H groups in total. The maximum atomic E-state index is 14.9. The highest BCUT2D eigenvalue weighted by Gasteiger charge is 2.28. The van der Waals surface area contributed by atoms with Gasteiger partial charge in [-0.25, -0.2) is 17.2 Å². The average Bonchev–Trinajstić information content (AvgIpc) is 3.07. The Labute approximate surface area is 161 Å². The van der Waals surface area contributed by atoms with Gasteiger partial charge in [-0.05, 0) is 18.6 Å². The molecule has 1 aliphatic heterocycles. The molecule has 150 valence electrons. The number of fused-ring (bicyclic) bond motifs is 1. The monoisotopic (exact) mass is 410 g/mol. The molecule has 0 aliphatic carbocycles. The summed E-state index contributed by atoms with van der Waals surface area (Å²) in [7, 11) is -2.17. The molecule has 0 spiro atoms. The number of nitrogens with zero attached hydrogens (tertiary/aromatic N) is 1. The Morgan fingerprint density at radius 2 is 2.07 bits per heavy atom. The smallest absolute Gasteiger partial charge is 0.232 e. The molecule has 7 nitrogen and oxygen atoms in total. The van der Waals surface area contributed by atoms with Gasteiger partial charge in [0.05, 0.1) is 23.5 Å². The summed E-state index contributed by atoms with van der Waals surface area (Å²) >= 11 is 0. The number of benzene rings is 1. The largest absolute Gasteiger partial charge is 0.366 e. The maximum Gasteiger partial charge on any atom is 0.232 e. The number of aromatic nitrogens is 1. The van der Waals surface area contributed by atoms with Crippen LogP contribution in [0.4, 0.5) is 20.3 Å². The summed E-state index contributed by atoms with van der Waals surface area (Å²) in [5.41, 5.74) is 0.195. The van der Waals surface area contributed by atoms with Crippen molar-refractivity contribution in [3.63, 3.8) is 0 Å². The molecule has 0 saturated heterocycles. The highest BCUT2D eigenvalue weighted by Crippen LogP contribution is 2.29. The van der Waals surface area contributed by atoms with Crippen LogP contribution in [0.3, 0.4) is 0 Å². The fraction of sp³-hybridized carbons (Fsp3) is 0.333. The molecule has 0 fully saturated rings. The minimum atomic E-state index is -3.80. The van der Waals surface area contributed by atoms with Gasteiger partial charge in [-0.2, -0.15) is 0 Å². The molecule has 1 aliphatic rings. The summed E-state index contributed by atoms with van der Waals surface area (Å²) in [5, 5.41) is 3.06. The number of halogens is 2. The molecule has 0 bridgehead atoms. The van der Waals surface area contributed by atoms with Gasteiger partial charge >= 0.3 is 0 Å². The number of nitrogens with one attached hydrogen (secondary N) is 3. The molecule has 2 heterocycles. The molecule has 0 amide bonds. The summed E-state index contributed by atoms with van der Waals surface area (Å²) in [6.45, 7) is 2.17. The number of H-pyrrole nitrogens is 1. The zero-order chi connectivity index (χ0) is 20.5. The van der Waals surface area contributed by atoms with Crippen LogP contribution in [0.2, 0.25) is 0 Å². The summed E-state index contributed by atoms with van der Waals surface area (Å²) in [6.07, 6.45) is 2.08. The third kappa shape index (κ3) is 3.77. The lowest BCUT2D eigenvalue weighted by Gasteiger charge is -2.17. The highest BCUT2D eigenvalue weighted by atomic mass is 32.2. The average molecular weight is 410 g/mol. The Bertz CT molecular complexity index is 1060. The number of hydrogen-bond acceptors (Lipinski definition) is 5. The van der Waals surface area contributed by atoms with E-state index in [1.54, 1.807) is 14.0 Å². The van der Waals surface area contributed by atoms with Crippen molar-refractivity contribution < 1.29 is 22.0 Å². The number of carbonyl (C=O) groups excluding carboxylic acids is 1. The third-order valence-electron chi connectivity index (χ3n) is 4.46. The van der Waals surface area contributed by atoms with Gasteiger partial charge in [0.2, 0.25) is 15.8 Å². The van der Waals surface area contributed by atoms with E-state index in [1.165, 1.54) is 6.20 Å². The number of hydrogen-bond donors (Lipinski definition) is 3. The van der Waals surface area contributed by atoms with Crippen LogP contribution in [0.15, 0.2) is 23.3 Å². The van der Waals surface area contributed by atoms with Crippen LogP contribution in [-0.2, 0) is 16.4 Å². The Balaban J connectivity index is 2.02. The van der Waals surface area contributed by atoms with Crippen LogP contribution in [0.1, 0.15) is 34.8 Å². The van der Waals surface area contributed by atoms with E-state index in [1.807, 2.05) is 0 Å². The van der Waals surface area contributed by atoms with Gasteiger partial charge in [0, 0.05) is 36.5 Å². The van der Waals surface area contributed by atoms with Crippen molar-refractivity contribution in [2.75, 3.05) is 29.4 Å². The first kappa shape index (κ1) is 20.0. The van der Waals surface area contributed by atoms with Gasteiger partial charge in [0.1, 0.15) is 11.6 Å². The molecule has 3 rings (SSSR count). The topological polar surface area (TPSA) is 103 Å². The van der Waals surface area contributed by atoms with E-state index in [4.69, 9.17) is 0 Å². The Morgan fingerprint density at radius 1 is 1.32 bits per heavy atom. The fourth-order valence-corrected chi connectivity index (χ4v) is 4.21. The fourth-order valence-electron chi connectivity index (χ4n) is 3.07. The van der Waals surface area contributed by atoms with Gasteiger partial charge in [-0.3, -0.25) is 14.5 Å². The summed E-state index contributed by atoms with van der Waals surface area (Å²) in [5.74, 6) is -2.81. The number of sulfonamides is 1. The quantitative estimate of drug-likeness (QED) is 0.637. The zero-order valence-electron chi connectivity index (χ0n) is 15.4. The van der Waals surface area contributed by atoms with E-state index in [0.717, 1.165) is 17.8 Å². The van der Waals surface area contributed by atoms with Crippen molar-refractivity contribution in [1.82, 2.24) is 4.98 Å². The van der Waals surface area contributed by atoms with E-state index in [0.29, 0.717) is 30.8 Å². The minimum Gasteiger partial charge on any atom is -0.366 e. The lowest BCUT2D eigenvalue weighted by atomic mass is 9.96. The van der Waals surface area contributed by atoms with Gasteiger partial charge < -0.3 is 10.3 Å². The lowest BCUT2D eigenvalue weighted by Crippen LogP contribution is -2.24. The molecular weight excluding hydrogens is 390 g/mol. The molecule has 10 heteroatoms. The number of carbonyl (C=O) groups is 1. The van der Waals surface area contributed by atoms with E-state index in [9.17, 15) is 22.0 Å². The first-order valence-electron chi connectivity index (χ1n) is 8.69. The predicted molar refractivity (Wildman–Crippen MR) is 104 cm³/mol. The summed E-state index contributed by atoms with van der Waals surface area (Å²) in [4.78, 5) is 19.9. The second-order valence-electron chi connectivity index (χ2n) is 6.41. The number of rotatable bonds is 6. The summed E-state index contributed by atoms with van der Waals surface area (Å²) in [6, 6.07) is 1.83. The van der Waals surface area contributed by atoms with Crippen molar-refractivity contribution in [2.24, 2.45) is 4.99 Å². The molecule has 0 saturated carbocycles. The Hall–Kier alpha value is -2.75. The van der Waals surface area contributed by atoms with Crippen LogP contribution in [-0.4, -0.2) is 44.2 Å². The number of ketones is 1. The molecule has 1 aromatic heterocycles. The second-order valence-corrected chi connectivity index (χ2v) is 8.25. The number of anilines is 2. The molecule has 2 aromatic rings. The van der Waals surface area contributed by atoms with E-state index in [-0.39, 0.29) is 11.3 Å². The molecule has 0 atom stereocenters. The van der Waals surface area contributed by atoms with Crippen LogP contribution in [0, 0.1) is 11.6 Å². The van der Waals surface area contributed by atoms with Crippen LogP contribution < -0.4 is 10.0 Å². The van der Waals surface area contributed by atoms with Gasteiger partial charge in [-0.1, -0.05) is 6.92 Å². The van der Waals surface area contributed by atoms with Crippen molar-refractivity contribution in [1.29, 1.82) is 0 Å². The van der Waals surface area contributed by atoms with Crippen LogP contribution >= 0.6 is 0 Å². The Morgan fingerprint density at radius 3 is 2.75 bits per heavy atom. The van der Waals surface area contributed by atoms with E-state index in [2.05, 4.69) is 20.0 Å². The second kappa shape index (κ2) is 7.70. The SMILES string of the molecule is CCCS(=O)(=O)Nc1ccc(F)c(C(=O)c2c[nH]c3c2CC(=NC)CN3)c1F. The van der Waals surface area contributed by atoms with Gasteiger partial charge in [0.15, 0.2) is 5.82 Å². The standard InChI is InChI=1S/C18H20F2N4O3S/c1-3-6-28(26,27)24-14-5-4-13(19)15(16(14)20)17(25)12-9-23-18-11(12)7-10(21-2)8-22-18/h4-5,9,22-24H,3,6-8H2,1-2H3. The molecule has 1 aromatic carbocycles. The van der Waals surface area contributed by atoms with Crippen LogP contribution in [0.5, 0.6) is 0 Å². The molecule has 28 heavy (non-hydrogen) atoms. The van der Waals surface area contributed by atoms with Crippen molar-refractivity contribution in [3.8, 4) is 0 Å². The van der Waals surface area contributed by atoms with E-state index >= 15 is 0 Å². The van der Waals surface area contributed by atoms with Crippen molar-refractivity contribution in [3.05, 3.63) is 46.7 Å². The van der Waals surface area contributed by atoms with Gasteiger partial charge in [0.25, 0.3) is 0 Å². The number of aliphatic imine (C=N–C) groups is 1. The lowest BCUT2D eigenvalue weighted by molar-refractivity contribution is 0.103.